The molecule has 1 aromatic rings. The van der Waals surface area contributed by atoms with E-state index in [9.17, 15) is 4.79 Å². The summed E-state index contributed by atoms with van der Waals surface area (Å²) in [7, 11) is 3.58. The van der Waals surface area contributed by atoms with E-state index in [1.54, 1.807) is 14.2 Å². The van der Waals surface area contributed by atoms with Gasteiger partial charge in [0.1, 0.15) is 5.60 Å². The first-order chi connectivity index (χ1) is 17.3. The molecule has 1 aliphatic carbocycles. The van der Waals surface area contributed by atoms with Crippen molar-refractivity contribution in [3.05, 3.63) is 11.8 Å². The van der Waals surface area contributed by atoms with Crippen molar-refractivity contribution < 1.29 is 19.0 Å². The first-order valence-corrected chi connectivity index (χ1v) is 13.9. The van der Waals surface area contributed by atoms with Crippen LogP contribution in [0.3, 0.4) is 0 Å². The Labute approximate surface area is 222 Å². The van der Waals surface area contributed by atoms with Gasteiger partial charge in [0.05, 0.1) is 18.2 Å². The average molecular weight is 518 g/mol. The molecular formula is C28H47N5O4. The standard InChI is InChI=1S/C28H47N5O4/c1-19-11-24(29-33(19)21-13-28(14-21)17-31(18-28)25(34)37-26(2,3)4)32-10-9-20(12-27(32,5)6)30-15-22(35-7)23(16-30)36-8/h11,20-23H,9-10,12-18H2,1-8H3/t20?,22-,23+. The molecule has 9 heteroatoms. The molecule has 3 atom stereocenters. The summed E-state index contributed by atoms with van der Waals surface area (Å²) >= 11 is 0. The summed E-state index contributed by atoms with van der Waals surface area (Å²) < 4.78 is 19.1. The van der Waals surface area contributed by atoms with Crippen LogP contribution in [-0.4, -0.2) is 102 Å². The third-order valence-corrected chi connectivity index (χ3v) is 9.09. The third kappa shape index (κ3) is 5.11. The molecule has 1 aromatic heterocycles. The molecule has 208 valence electrons. The summed E-state index contributed by atoms with van der Waals surface area (Å²) in [6, 6.07) is 3.21. The first-order valence-electron chi connectivity index (χ1n) is 13.9. The van der Waals surface area contributed by atoms with Gasteiger partial charge in [0.2, 0.25) is 0 Å². The molecule has 1 saturated carbocycles. The number of ether oxygens (including phenoxy) is 3. The Morgan fingerprint density at radius 2 is 1.65 bits per heavy atom. The van der Waals surface area contributed by atoms with Crippen molar-refractivity contribution >= 4 is 11.9 Å². The number of aromatic nitrogens is 2. The Morgan fingerprint density at radius 3 is 2.19 bits per heavy atom. The number of anilines is 1. The fourth-order valence-electron chi connectivity index (χ4n) is 7.19. The molecule has 3 aliphatic heterocycles. The lowest BCUT2D eigenvalue weighted by Gasteiger charge is -2.58. The molecule has 9 nitrogen and oxygen atoms in total. The van der Waals surface area contributed by atoms with Gasteiger partial charge < -0.3 is 24.0 Å². The van der Waals surface area contributed by atoms with Crippen molar-refractivity contribution in [2.24, 2.45) is 5.41 Å². The average Bonchev–Trinajstić information content (AvgIpc) is 3.33. The van der Waals surface area contributed by atoms with E-state index in [0.717, 1.165) is 64.2 Å². The maximum atomic E-state index is 12.3. The highest BCUT2D eigenvalue weighted by molar-refractivity contribution is 5.69. The number of aryl methyl sites for hydroxylation is 1. The van der Waals surface area contributed by atoms with E-state index in [1.807, 2.05) is 25.7 Å². The number of rotatable bonds is 5. The fourth-order valence-corrected chi connectivity index (χ4v) is 7.19. The Kier molecular flexibility index (Phi) is 6.81. The minimum Gasteiger partial charge on any atom is -0.444 e. The van der Waals surface area contributed by atoms with E-state index in [4.69, 9.17) is 19.3 Å². The first kappa shape index (κ1) is 26.8. The summed E-state index contributed by atoms with van der Waals surface area (Å²) in [5.74, 6) is 1.09. The Hall–Kier alpha value is -1.84. The van der Waals surface area contributed by atoms with Gasteiger partial charge in [0, 0.05) is 75.7 Å². The van der Waals surface area contributed by atoms with Crippen molar-refractivity contribution in [2.75, 3.05) is 51.8 Å². The highest BCUT2D eigenvalue weighted by atomic mass is 16.6. The van der Waals surface area contributed by atoms with Gasteiger partial charge in [-0.1, -0.05) is 0 Å². The zero-order valence-corrected chi connectivity index (χ0v) is 24.1. The van der Waals surface area contributed by atoms with Crippen LogP contribution in [0.25, 0.3) is 0 Å². The molecule has 3 saturated heterocycles. The van der Waals surface area contributed by atoms with Gasteiger partial charge >= 0.3 is 6.09 Å². The zero-order chi connectivity index (χ0) is 26.8. The lowest BCUT2D eigenvalue weighted by atomic mass is 9.61. The fraction of sp³-hybridized carbons (Fsp3) is 0.857. The van der Waals surface area contributed by atoms with Gasteiger partial charge in [-0.2, -0.15) is 5.10 Å². The lowest BCUT2D eigenvalue weighted by molar-refractivity contribution is -0.0930. The second-order valence-electron chi connectivity index (χ2n) is 13.6. The van der Waals surface area contributed by atoms with Gasteiger partial charge in [0.15, 0.2) is 5.82 Å². The number of carbonyl (C=O) groups is 1. The van der Waals surface area contributed by atoms with Crippen molar-refractivity contribution in [1.82, 2.24) is 19.6 Å². The van der Waals surface area contributed by atoms with Gasteiger partial charge in [-0.25, -0.2) is 4.79 Å². The summed E-state index contributed by atoms with van der Waals surface area (Å²) in [5.41, 5.74) is 1.04. The van der Waals surface area contributed by atoms with Gasteiger partial charge in [-0.3, -0.25) is 9.58 Å². The van der Waals surface area contributed by atoms with Crippen LogP contribution < -0.4 is 4.90 Å². The number of likely N-dealkylation sites (tertiary alicyclic amines) is 2. The predicted molar refractivity (Wildman–Crippen MR) is 143 cm³/mol. The summed E-state index contributed by atoms with van der Waals surface area (Å²) in [6.45, 7) is 17.1. The summed E-state index contributed by atoms with van der Waals surface area (Å²) in [6.07, 6.45) is 4.50. The van der Waals surface area contributed by atoms with Crippen molar-refractivity contribution in [3.63, 3.8) is 0 Å². The van der Waals surface area contributed by atoms with Crippen LogP contribution in [0.1, 0.15) is 72.0 Å². The normalized spacial score (nSPS) is 29.9. The van der Waals surface area contributed by atoms with Crippen molar-refractivity contribution in [2.45, 2.75) is 103 Å². The number of piperidine rings is 1. The molecule has 4 fully saturated rings. The van der Waals surface area contributed by atoms with Gasteiger partial charge in [-0.05, 0) is 67.2 Å². The highest BCUT2D eigenvalue weighted by Crippen LogP contribution is 2.54. The van der Waals surface area contributed by atoms with Gasteiger partial charge in [0.25, 0.3) is 0 Å². The van der Waals surface area contributed by atoms with Crippen LogP contribution in [0.4, 0.5) is 10.6 Å². The second kappa shape index (κ2) is 9.42. The van der Waals surface area contributed by atoms with Crippen molar-refractivity contribution in [1.29, 1.82) is 0 Å². The Balaban J connectivity index is 1.17. The molecule has 1 amide bonds. The molecule has 0 bridgehead atoms. The molecule has 1 unspecified atom stereocenters. The molecule has 4 heterocycles. The number of methoxy groups -OCH3 is 2. The predicted octanol–water partition coefficient (Wildman–Crippen LogP) is 3.86. The minimum absolute atomic E-state index is 0.0188. The van der Waals surface area contributed by atoms with Crippen LogP contribution in [0.15, 0.2) is 6.07 Å². The highest BCUT2D eigenvalue weighted by Gasteiger charge is 2.55. The smallest absolute Gasteiger partial charge is 0.410 e. The molecule has 5 rings (SSSR count). The number of carbonyl (C=O) groups excluding carboxylic acids is 1. The number of nitrogens with zero attached hydrogens (tertiary/aromatic N) is 5. The number of hydrogen-bond acceptors (Lipinski definition) is 7. The van der Waals surface area contributed by atoms with Crippen LogP contribution in [0.5, 0.6) is 0 Å². The Morgan fingerprint density at radius 1 is 1.03 bits per heavy atom. The van der Waals surface area contributed by atoms with E-state index < -0.39 is 5.60 Å². The molecule has 37 heavy (non-hydrogen) atoms. The molecule has 4 aliphatic rings. The molecular weight excluding hydrogens is 470 g/mol. The molecule has 1 spiro atoms. The number of hydrogen-bond donors (Lipinski definition) is 0. The summed E-state index contributed by atoms with van der Waals surface area (Å²) in [5, 5.41) is 5.13. The van der Waals surface area contributed by atoms with E-state index in [2.05, 4.69) is 41.3 Å². The molecule has 0 N–H and O–H groups in total. The monoisotopic (exact) mass is 517 g/mol. The van der Waals surface area contributed by atoms with E-state index in [0.29, 0.717) is 12.1 Å². The summed E-state index contributed by atoms with van der Waals surface area (Å²) in [4.78, 5) is 19.3. The van der Waals surface area contributed by atoms with Crippen LogP contribution in [0.2, 0.25) is 0 Å². The maximum Gasteiger partial charge on any atom is 0.410 e. The maximum absolute atomic E-state index is 12.3. The Bertz CT molecular complexity index is 975. The lowest BCUT2D eigenvalue weighted by Crippen LogP contribution is -2.64. The SMILES string of the molecule is CO[C@H]1CN(C2CCN(c3cc(C)n(C4CC5(C4)CN(C(=O)OC(C)(C)C)C5)n3)C(C)(C)C2)C[C@H]1OC. The largest absolute Gasteiger partial charge is 0.444 e. The van der Waals surface area contributed by atoms with Crippen LogP contribution >= 0.6 is 0 Å². The third-order valence-electron chi connectivity index (χ3n) is 9.09. The molecule has 0 radical (unpaired) electrons. The number of amides is 1. The van der Waals surface area contributed by atoms with E-state index in [-0.39, 0.29) is 29.3 Å². The van der Waals surface area contributed by atoms with Crippen LogP contribution in [0, 0.1) is 12.3 Å². The van der Waals surface area contributed by atoms with Crippen LogP contribution in [-0.2, 0) is 14.2 Å². The minimum atomic E-state index is -0.444. The molecule has 0 aromatic carbocycles. The van der Waals surface area contributed by atoms with Gasteiger partial charge in [-0.15, -0.1) is 0 Å². The second-order valence-corrected chi connectivity index (χ2v) is 13.6. The van der Waals surface area contributed by atoms with Crippen molar-refractivity contribution in [3.8, 4) is 0 Å². The zero-order valence-electron chi connectivity index (χ0n) is 24.1. The topological polar surface area (TPSA) is 72.3 Å². The van der Waals surface area contributed by atoms with E-state index in [1.165, 1.54) is 5.69 Å². The van der Waals surface area contributed by atoms with E-state index >= 15 is 0 Å². The quantitative estimate of drug-likeness (QED) is 0.587.